The normalized spacial score (nSPS) is 10.5. The second kappa shape index (κ2) is 5.72. The second-order valence-corrected chi connectivity index (χ2v) is 6.32. The van der Waals surface area contributed by atoms with Crippen molar-refractivity contribution in [3.8, 4) is 0 Å². The van der Waals surface area contributed by atoms with Gasteiger partial charge in [-0.25, -0.2) is 4.98 Å². The summed E-state index contributed by atoms with van der Waals surface area (Å²) in [6.07, 6.45) is 1.39. The Morgan fingerprint density at radius 3 is 2.74 bits per heavy atom. The predicted molar refractivity (Wildman–Crippen MR) is 76.1 cm³/mol. The van der Waals surface area contributed by atoms with Crippen LogP contribution in [-0.2, 0) is 0 Å². The molecule has 0 radical (unpaired) electrons. The van der Waals surface area contributed by atoms with Crippen LogP contribution in [0.5, 0.6) is 0 Å². The molecule has 9 heteroatoms. The Balaban J connectivity index is 2.20. The minimum absolute atomic E-state index is 0.278. The first kappa shape index (κ1) is 14.0. The number of hydrogen-bond acceptors (Lipinski definition) is 7. The van der Waals surface area contributed by atoms with E-state index in [4.69, 9.17) is 17.3 Å². The van der Waals surface area contributed by atoms with E-state index in [-0.39, 0.29) is 5.56 Å². The fourth-order valence-corrected chi connectivity index (χ4v) is 3.06. The minimum atomic E-state index is -0.559. The molecule has 2 heterocycles. The zero-order chi connectivity index (χ0) is 14.0. The maximum absolute atomic E-state index is 11.0. The topological polar surface area (TPSA) is 85.0 Å². The number of hydrogen-bond donors (Lipinski definition) is 1. The number of halogens is 1. The number of carbonyl (C=O) groups excluding carboxylic acids is 1. The number of anilines is 1. The standard InChI is InChI=1S/C10H10ClN5OS2/c1-16(2)9-14-15-10(19-9)18-8-6(11)3-5(4-13-8)7(12)17/h3-4H,1-2H3,(H2,12,17). The van der Waals surface area contributed by atoms with Crippen molar-refractivity contribution in [3.05, 3.63) is 22.8 Å². The van der Waals surface area contributed by atoms with Crippen LogP contribution in [0.4, 0.5) is 5.13 Å². The number of amides is 1. The van der Waals surface area contributed by atoms with Crippen molar-refractivity contribution < 1.29 is 4.79 Å². The molecule has 0 fully saturated rings. The van der Waals surface area contributed by atoms with Crippen molar-refractivity contribution in [2.45, 2.75) is 9.37 Å². The van der Waals surface area contributed by atoms with Gasteiger partial charge < -0.3 is 10.6 Å². The number of primary amides is 1. The lowest BCUT2D eigenvalue weighted by molar-refractivity contribution is 0.1000. The molecular weight excluding hydrogens is 306 g/mol. The number of pyridine rings is 1. The van der Waals surface area contributed by atoms with Gasteiger partial charge in [-0.15, -0.1) is 10.2 Å². The fraction of sp³-hybridized carbons (Fsp3) is 0.200. The summed E-state index contributed by atoms with van der Waals surface area (Å²) in [7, 11) is 3.78. The molecule has 100 valence electrons. The summed E-state index contributed by atoms with van der Waals surface area (Å²) in [5.41, 5.74) is 5.43. The summed E-state index contributed by atoms with van der Waals surface area (Å²) in [4.78, 5) is 17.0. The van der Waals surface area contributed by atoms with Gasteiger partial charge in [-0.1, -0.05) is 22.9 Å². The van der Waals surface area contributed by atoms with Crippen LogP contribution in [0.1, 0.15) is 10.4 Å². The molecule has 0 spiro atoms. The van der Waals surface area contributed by atoms with Gasteiger partial charge in [0.2, 0.25) is 11.0 Å². The lowest BCUT2D eigenvalue weighted by Crippen LogP contribution is -2.11. The first-order valence-electron chi connectivity index (χ1n) is 5.11. The van der Waals surface area contributed by atoms with E-state index in [9.17, 15) is 4.79 Å². The van der Waals surface area contributed by atoms with Gasteiger partial charge in [0.15, 0.2) is 4.34 Å². The quantitative estimate of drug-likeness (QED) is 0.927. The summed E-state index contributed by atoms with van der Waals surface area (Å²) >= 11 is 8.77. The van der Waals surface area contributed by atoms with Crippen molar-refractivity contribution in [3.63, 3.8) is 0 Å². The molecule has 0 bridgehead atoms. The third kappa shape index (κ3) is 3.34. The number of aromatic nitrogens is 3. The van der Waals surface area contributed by atoms with E-state index in [2.05, 4.69) is 15.2 Å². The molecule has 0 aromatic carbocycles. The highest BCUT2D eigenvalue weighted by atomic mass is 35.5. The number of nitrogens with two attached hydrogens (primary N) is 1. The summed E-state index contributed by atoms with van der Waals surface area (Å²) in [5.74, 6) is -0.559. The first-order valence-corrected chi connectivity index (χ1v) is 7.12. The monoisotopic (exact) mass is 315 g/mol. The van der Waals surface area contributed by atoms with E-state index in [1.807, 2.05) is 19.0 Å². The van der Waals surface area contributed by atoms with Gasteiger partial charge >= 0.3 is 0 Å². The molecule has 0 aliphatic rings. The van der Waals surface area contributed by atoms with Crippen LogP contribution < -0.4 is 10.6 Å². The van der Waals surface area contributed by atoms with Gasteiger partial charge in [-0.3, -0.25) is 4.79 Å². The Labute approximate surface area is 123 Å². The molecule has 19 heavy (non-hydrogen) atoms. The smallest absolute Gasteiger partial charge is 0.250 e. The SMILES string of the molecule is CN(C)c1nnc(Sc2ncc(C(N)=O)cc2Cl)s1. The third-order valence-corrected chi connectivity index (χ3v) is 4.62. The maximum Gasteiger partial charge on any atom is 0.250 e. The summed E-state index contributed by atoms with van der Waals surface area (Å²) in [6, 6.07) is 1.49. The molecular formula is C10H10ClN5OS2. The lowest BCUT2D eigenvalue weighted by atomic mass is 10.3. The fourth-order valence-electron chi connectivity index (χ4n) is 1.14. The molecule has 0 saturated heterocycles. The molecule has 0 unspecified atom stereocenters. The van der Waals surface area contributed by atoms with E-state index in [1.165, 1.54) is 35.4 Å². The van der Waals surface area contributed by atoms with Crippen LogP contribution in [0.25, 0.3) is 0 Å². The molecule has 2 aromatic heterocycles. The summed E-state index contributed by atoms with van der Waals surface area (Å²) in [6.45, 7) is 0. The maximum atomic E-state index is 11.0. The van der Waals surface area contributed by atoms with Gasteiger partial charge in [0, 0.05) is 20.3 Å². The molecule has 0 aliphatic carbocycles. The molecule has 2 N–H and O–H groups in total. The molecule has 2 rings (SSSR count). The third-order valence-electron chi connectivity index (χ3n) is 2.05. The minimum Gasteiger partial charge on any atom is -0.366 e. The van der Waals surface area contributed by atoms with Crippen LogP contribution in [0.15, 0.2) is 21.6 Å². The van der Waals surface area contributed by atoms with E-state index in [1.54, 1.807) is 0 Å². The number of carbonyl (C=O) groups is 1. The number of nitrogens with zero attached hydrogens (tertiary/aromatic N) is 4. The lowest BCUT2D eigenvalue weighted by Gasteiger charge is -2.04. The molecule has 0 atom stereocenters. The Hall–Kier alpha value is -1.38. The Kier molecular flexibility index (Phi) is 4.23. The molecule has 1 amide bonds. The number of rotatable bonds is 4. The average molecular weight is 316 g/mol. The van der Waals surface area contributed by atoms with Crippen LogP contribution >= 0.6 is 34.7 Å². The van der Waals surface area contributed by atoms with Gasteiger partial charge in [0.1, 0.15) is 5.03 Å². The van der Waals surface area contributed by atoms with Gasteiger partial charge in [0.05, 0.1) is 10.6 Å². The molecule has 0 aliphatic heterocycles. The Morgan fingerprint density at radius 2 is 2.21 bits per heavy atom. The first-order chi connectivity index (χ1) is 8.97. The highest BCUT2D eigenvalue weighted by Crippen LogP contribution is 2.35. The van der Waals surface area contributed by atoms with Crippen molar-refractivity contribution in [2.24, 2.45) is 5.73 Å². The average Bonchev–Trinajstić information content (AvgIpc) is 2.80. The molecule has 6 nitrogen and oxygen atoms in total. The van der Waals surface area contributed by atoms with Crippen LogP contribution in [-0.4, -0.2) is 35.2 Å². The van der Waals surface area contributed by atoms with Crippen LogP contribution in [0.2, 0.25) is 5.02 Å². The van der Waals surface area contributed by atoms with Crippen molar-refractivity contribution >= 4 is 45.7 Å². The van der Waals surface area contributed by atoms with Gasteiger partial charge in [-0.05, 0) is 17.8 Å². The largest absolute Gasteiger partial charge is 0.366 e. The zero-order valence-corrected chi connectivity index (χ0v) is 12.5. The second-order valence-electron chi connectivity index (χ2n) is 3.72. The van der Waals surface area contributed by atoms with Crippen LogP contribution in [0.3, 0.4) is 0 Å². The summed E-state index contributed by atoms with van der Waals surface area (Å²) < 4.78 is 0.727. The molecule has 2 aromatic rings. The van der Waals surface area contributed by atoms with Crippen molar-refractivity contribution in [1.29, 1.82) is 0 Å². The van der Waals surface area contributed by atoms with E-state index >= 15 is 0 Å². The highest BCUT2D eigenvalue weighted by Gasteiger charge is 2.12. The Morgan fingerprint density at radius 1 is 1.47 bits per heavy atom. The van der Waals surface area contributed by atoms with E-state index in [0.717, 1.165) is 9.47 Å². The summed E-state index contributed by atoms with van der Waals surface area (Å²) in [5, 5.41) is 9.77. The van der Waals surface area contributed by atoms with Crippen LogP contribution in [0, 0.1) is 0 Å². The van der Waals surface area contributed by atoms with Crippen molar-refractivity contribution in [1.82, 2.24) is 15.2 Å². The van der Waals surface area contributed by atoms with Gasteiger partial charge in [-0.2, -0.15) is 0 Å². The zero-order valence-electron chi connectivity index (χ0n) is 10.1. The molecule has 0 saturated carbocycles. The van der Waals surface area contributed by atoms with E-state index < -0.39 is 5.91 Å². The predicted octanol–water partition coefficient (Wildman–Crippen LogP) is 1.90. The highest BCUT2D eigenvalue weighted by molar-refractivity contribution is 8.01. The van der Waals surface area contributed by atoms with Gasteiger partial charge in [0.25, 0.3) is 0 Å². The Bertz CT molecular complexity index is 616. The van der Waals surface area contributed by atoms with Crippen molar-refractivity contribution in [2.75, 3.05) is 19.0 Å². The van der Waals surface area contributed by atoms with E-state index in [0.29, 0.717) is 10.0 Å².